The van der Waals surface area contributed by atoms with Gasteiger partial charge in [0.05, 0.1) is 12.2 Å². The maximum atomic E-state index is 6.16. The molecule has 1 aromatic rings. The Balaban J connectivity index is 3.17. The Morgan fingerprint density at radius 1 is 1.41 bits per heavy atom. The number of nitrogen functional groups attached to an aromatic ring is 1. The Bertz CT molecular complexity index is 410. The molecular formula is C14H23N3. The van der Waals surface area contributed by atoms with Gasteiger partial charge < -0.3 is 10.3 Å². The zero-order valence-corrected chi connectivity index (χ0v) is 11.3. The van der Waals surface area contributed by atoms with Crippen LogP contribution in [0.3, 0.4) is 0 Å². The number of hydrogen-bond donors (Lipinski definition) is 1. The lowest BCUT2D eigenvalue weighted by atomic mass is 10.0. The first kappa shape index (κ1) is 13.6. The van der Waals surface area contributed by atoms with Gasteiger partial charge in [-0.2, -0.15) is 0 Å². The topological polar surface area (TPSA) is 43.8 Å². The molecule has 0 fully saturated rings. The van der Waals surface area contributed by atoms with Crippen LogP contribution in [-0.2, 0) is 6.54 Å². The molecule has 0 saturated heterocycles. The highest BCUT2D eigenvalue weighted by Crippen LogP contribution is 2.28. The third-order valence-electron chi connectivity index (χ3n) is 3.02. The largest absolute Gasteiger partial charge is 0.384 e. The van der Waals surface area contributed by atoms with E-state index in [0.717, 1.165) is 30.2 Å². The summed E-state index contributed by atoms with van der Waals surface area (Å²) in [6.07, 6.45) is 7.63. The molecular weight excluding hydrogens is 210 g/mol. The van der Waals surface area contributed by atoms with Crippen molar-refractivity contribution in [1.82, 2.24) is 9.55 Å². The Morgan fingerprint density at radius 2 is 2.06 bits per heavy atom. The van der Waals surface area contributed by atoms with E-state index in [9.17, 15) is 0 Å². The number of terminal acetylenes is 1. The van der Waals surface area contributed by atoms with E-state index in [1.807, 2.05) is 4.57 Å². The van der Waals surface area contributed by atoms with Crippen LogP contribution in [0.15, 0.2) is 0 Å². The van der Waals surface area contributed by atoms with Crippen LogP contribution in [0.4, 0.5) is 5.82 Å². The fourth-order valence-corrected chi connectivity index (χ4v) is 2.13. The van der Waals surface area contributed by atoms with Crippen LogP contribution in [0.25, 0.3) is 0 Å². The van der Waals surface area contributed by atoms with Gasteiger partial charge in [0.1, 0.15) is 11.6 Å². The monoisotopic (exact) mass is 233 g/mol. The van der Waals surface area contributed by atoms with E-state index in [-0.39, 0.29) is 0 Å². The fourth-order valence-electron chi connectivity index (χ4n) is 2.13. The number of rotatable bonds is 5. The minimum atomic E-state index is 0.341. The lowest BCUT2D eigenvalue weighted by Crippen LogP contribution is -2.08. The summed E-state index contributed by atoms with van der Waals surface area (Å²) in [6.45, 7) is 9.08. The number of aromatic nitrogens is 2. The molecule has 0 bridgehead atoms. The molecule has 0 radical (unpaired) electrons. The molecule has 2 N–H and O–H groups in total. The summed E-state index contributed by atoms with van der Waals surface area (Å²) < 4.78 is 1.96. The molecule has 0 aromatic carbocycles. The highest BCUT2D eigenvalue weighted by Gasteiger charge is 2.19. The van der Waals surface area contributed by atoms with E-state index in [1.165, 1.54) is 0 Å². The average Bonchev–Trinajstić information content (AvgIpc) is 2.58. The summed E-state index contributed by atoms with van der Waals surface area (Å²) in [7, 11) is 0. The molecule has 1 rings (SSSR count). The van der Waals surface area contributed by atoms with Gasteiger partial charge in [-0.3, -0.25) is 0 Å². The van der Waals surface area contributed by atoms with Crippen molar-refractivity contribution in [2.24, 2.45) is 0 Å². The van der Waals surface area contributed by atoms with Gasteiger partial charge in [-0.05, 0) is 6.42 Å². The maximum absolute atomic E-state index is 6.16. The third-order valence-corrected chi connectivity index (χ3v) is 3.02. The SMILES string of the molecule is C#CCn1c(C(C)C)nc(C(C)CCC)c1N. The molecule has 1 aromatic heterocycles. The van der Waals surface area contributed by atoms with Crippen molar-refractivity contribution in [3.8, 4) is 12.3 Å². The van der Waals surface area contributed by atoms with E-state index >= 15 is 0 Å². The van der Waals surface area contributed by atoms with Gasteiger partial charge in [0.2, 0.25) is 0 Å². The van der Waals surface area contributed by atoms with Crippen LogP contribution in [0, 0.1) is 12.3 Å². The van der Waals surface area contributed by atoms with Crippen LogP contribution in [-0.4, -0.2) is 9.55 Å². The summed E-state index contributed by atoms with van der Waals surface area (Å²) >= 11 is 0. The van der Waals surface area contributed by atoms with Crippen molar-refractivity contribution in [1.29, 1.82) is 0 Å². The Hall–Kier alpha value is -1.43. The Morgan fingerprint density at radius 3 is 2.53 bits per heavy atom. The minimum absolute atomic E-state index is 0.341. The summed E-state index contributed by atoms with van der Waals surface area (Å²) in [5, 5.41) is 0. The lowest BCUT2D eigenvalue weighted by molar-refractivity contribution is 0.647. The van der Waals surface area contributed by atoms with Crippen molar-refractivity contribution in [3.63, 3.8) is 0 Å². The van der Waals surface area contributed by atoms with Crippen molar-refractivity contribution in [2.45, 2.75) is 58.9 Å². The second kappa shape index (κ2) is 5.77. The molecule has 3 heteroatoms. The van der Waals surface area contributed by atoms with Crippen LogP contribution in [0.5, 0.6) is 0 Å². The smallest absolute Gasteiger partial charge is 0.127 e. The number of imidazole rings is 1. The van der Waals surface area contributed by atoms with E-state index in [4.69, 9.17) is 12.2 Å². The normalized spacial score (nSPS) is 12.7. The molecule has 3 nitrogen and oxygen atoms in total. The Kier molecular flexibility index (Phi) is 4.62. The van der Waals surface area contributed by atoms with Gasteiger partial charge in [-0.25, -0.2) is 4.98 Å². The van der Waals surface area contributed by atoms with Gasteiger partial charge in [0, 0.05) is 11.8 Å². The van der Waals surface area contributed by atoms with E-state index in [1.54, 1.807) is 0 Å². The van der Waals surface area contributed by atoms with Crippen LogP contribution < -0.4 is 5.73 Å². The average molecular weight is 233 g/mol. The highest BCUT2D eigenvalue weighted by atomic mass is 15.1. The fraction of sp³-hybridized carbons (Fsp3) is 0.643. The first-order chi connectivity index (χ1) is 8.02. The van der Waals surface area contributed by atoms with Gasteiger partial charge in [0.25, 0.3) is 0 Å². The molecule has 0 aliphatic rings. The molecule has 0 amide bonds. The summed E-state index contributed by atoms with van der Waals surface area (Å²) in [5.74, 6) is 5.13. The standard InChI is InChI=1S/C14H23N3/c1-6-8-11(5)12-13(15)17(9-7-2)14(16-12)10(3)4/h2,10-11H,6,8-9,15H2,1,3-5H3. The summed E-state index contributed by atoms with van der Waals surface area (Å²) in [6, 6.07) is 0. The molecule has 0 aliphatic carbocycles. The molecule has 94 valence electrons. The van der Waals surface area contributed by atoms with Gasteiger partial charge in [-0.15, -0.1) is 6.42 Å². The summed E-state index contributed by atoms with van der Waals surface area (Å²) in [4.78, 5) is 4.69. The first-order valence-corrected chi connectivity index (χ1v) is 6.32. The van der Waals surface area contributed by atoms with Crippen molar-refractivity contribution in [3.05, 3.63) is 11.5 Å². The second-order valence-electron chi connectivity index (χ2n) is 4.88. The van der Waals surface area contributed by atoms with Crippen LogP contribution in [0.2, 0.25) is 0 Å². The van der Waals surface area contributed by atoms with Gasteiger partial charge in [-0.1, -0.05) is 40.0 Å². The van der Waals surface area contributed by atoms with E-state index in [0.29, 0.717) is 18.4 Å². The number of hydrogen-bond acceptors (Lipinski definition) is 2. The maximum Gasteiger partial charge on any atom is 0.127 e. The van der Waals surface area contributed by atoms with Crippen LogP contribution in [0.1, 0.15) is 63.9 Å². The Labute approximate surface area is 104 Å². The predicted octanol–water partition coefficient (Wildman–Crippen LogP) is 3.13. The molecule has 1 heterocycles. The number of nitrogens with two attached hydrogens (primary N) is 1. The number of nitrogens with zero attached hydrogens (tertiary/aromatic N) is 2. The highest BCUT2D eigenvalue weighted by molar-refractivity contribution is 5.41. The molecule has 1 unspecified atom stereocenters. The van der Waals surface area contributed by atoms with Crippen molar-refractivity contribution in [2.75, 3.05) is 5.73 Å². The van der Waals surface area contributed by atoms with Crippen LogP contribution >= 0.6 is 0 Å². The zero-order valence-electron chi connectivity index (χ0n) is 11.3. The second-order valence-corrected chi connectivity index (χ2v) is 4.88. The van der Waals surface area contributed by atoms with Gasteiger partial charge >= 0.3 is 0 Å². The zero-order chi connectivity index (χ0) is 13.0. The predicted molar refractivity (Wildman–Crippen MR) is 72.9 cm³/mol. The molecule has 0 saturated carbocycles. The number of anilines is 1. The molecule has 1 atom stereocenters. The summed E-state index contributed by atoms with van der Waals surface area (Å²) in [5.41, 5.74) is 7.17. The van der Waals surface area contributed by atoms with Gasteiger partial charge in [0.15, 0.2) is 0 Å². The molecule has 0 spiro atoms. The third kappa shape index (κ3) is 2.82. The lowest BCUT2D eigenvalue weighted by Gasteiger charge is -2.09. The molecule has 0 aliphatic heterocycles. The molecule has 17 heavy (non-hydrogen) atoms. The van der Waals surface area contributed by atoms with E-state index < -0.39 is 0 Å². The van der Waals surface area contributed by atoms with Crippen molar-refractivity contribution >= 4 is 5.82 Å². The van der Waals surface area contributed by atoms with E-state index in [2.05, 4.69) is 38.6 Å². The first-order valence-electron chi connectivity index (χ1n) is 6.32. The van der Waals surface area contributed by atoms with Crippen molar-refractivity contribution < 1.29 is 0 Å². The quantitative estimate of drug-likeness (QED) is 0.794. The minimum Gasteiger partial charge on any atom is -0.384 e.